The monoisotopic (exact) mass is 477 g/mol. The molecule has 0 N–H and O–H groups in total. The summed E-state index contributed by atoms with van der Waals surface area (Å²) < 4.78 is 41.6. The van der Waals surface area contributed by atoms with Gasteiger partial charge in [-0.3, -0.25) is 0 Å². The van der Waals surface area contributed by atoms with E-state index in [4.69, 9.17) is 0 Å². The van der Waals surface area contributed by atoms with Gasteiger partial charge in [0.2, 0.25) is 11.4 Å². The molecule has 0 bridgehead atoms. The van der Waals surface area contributed by atoms with Crippen molar-refractivity contribution in [2.75, 3.05) is 0 Å². The van der Waals surface area contributed by atoms with Crippen molar-refractivity contribution in [2.24, 2.45) is 0 Å². The van der Waals surface area contributed by atoms with Crippen molar-refractivity contribution in [3.05, 3.63) is 103 Å². The molecule has 0 radical (unpaired) electrons. The second-order valence-corrected chi connectivity index (χ2v) is 8.77. The Kier molecular flexibility index (Phi) is 8.01. The van der Waals surface area contributed by atoms with Gasteiger partial charge in [-0.1, -0.05) is 73.2 Å². The van der Waals surface area contributed by atoms with Crippen molar-refractivity contribution in [3.8, 4) is 33.6 Å². The van der Waals surface area contributed by atoms with Gasteiger partial charge in [0.15, 0.2) is 6.04 Å². The highest BCUT2D eigenvalue weighted by molar-refractivity contribution is 6.50. The first-order chi connectivity index (χ1) is 16.9. The lowest BCUT2D eigenvalue weighted by Crippen LogP contribution is -2.44. The summed E-state index contributed by atoms with van der Waals surface area (Å²) in [5, 5.41) is 0. The fraction of sp³-hybridized carbons (Fsp3) is 0.207. The molecule has 1 aliphatic carbocycles. The zero-order valence-corrected chi connectivity index (χ0v) is 19.5. The molecule has 3 aromatic carbocycles. The molecule has 0 spiro atoms. The summed E-state index contributed by atoms with van der Waals surface area (Å²) in [6.45, 7) is 0. The van der Waals surface area contributed by atoms with E-state index in [1.54, 1.807) is 0 Å². The molecule has 0 atom stereocenters. The predicted octanol–water partition coefficient (Wildman–Crippen LogP) is 8.78. The van der Waals surface area contributed by atoms with Crippen molar-refractivity contribution < 1.29 is 21.8 Å². The summed E-state index contributed by atoms with van der Waals surface area (Å²) in [5.74, 6) is 0. The Labute approximate surface area is 204 Å². The molecule has 1 nitrogen and oxygen atoms in total. The van der Waals surface area contributed by atoms with Gasteiger partial charge in [-0.2, -0.15) is 4.57 Å². The fourth-order valence-corrected chi connectivity index (χ4v) is 4.80. The number of nitrogens with zero attached hydrogens (tertiary/aromatic N) is 1. The second kappa shape index (κ2) is 11.3. The van der Waals surface area contributed by atoms with E-state index >= 15 is 0 Å². The molecule has 0 unspecified atom stereocenters. The number of benzene rings is 3. The molecular formula is C29H28BF4N. The van der Waals surface area contributed by atoms with Crippen LogP contribution in [0.1, 0.15) is 38.1 Å². The number of hydrogen-bond acceptors (Lipinski definition) is 0. The summed E-state index contributed by atoms with van der Waals surface area (Å²) in [6.07, 6.45) is 6.52. The van der Waals surface area contributed by atoms with Crippen molar-refractivity contribution >= 4 is 7.25 Å². The molecule has 180 valence electrons. The first kappa shape index (κ1) is 24.7. The van der Waals surface area contributed by atoms with Crippen LogP contribution in [0.2, 0.25) is 0 Å². The number of halogens is 4. The maximum atomic E-state index is 9.75. The van der Waals surface area contributed by atoms with Crippen LogP contribution < -0.4 is 4.57 Å². The third kappa shape index (κ3) is 6.81. The van der Waals surface area contributed by atoms with Gasteiger partial charge in [-0.15, -0.1) is 0 Å². The Morgan fingerprint density at radius 2 is 0.886 bits per heavy atom. The molecule has 1 heterocycles. The Balaban J connectivity index is 0.000000527. The van der Waals surface area contributed by atoms with Gasteiger partial charge in [0, 0.05) is 36.1 Å². The van der Waals surface area contributed by atoms with Crippen molar-refractivity contribution in [1.82, 2.24) is 0 Å². The molecule has 1 aliphatic rings. The van der Waals surface area contributed by atoms with Crippen LogP contribution in [0.4, 0.5) is 17.3 Å². The van der Waals surface area contributed by atoms with Gasteiger partial charge in [0.05, 0.1) is 0 Å². The highest BCUT2D eigenvalue weighted by Gasteiger charge is 2.31. The lowest BCUT2D eigenvalue weighted by atomic mass is 9.92. The normalized spacial score (nSPS) is 14.2. The van der Waals surface area contributed by atoms with E-state index in [9.17, 15) is 17.3 Å². The van der Waals surface area contributed by atoms with Gasteiger partial charge in [0.25, 0.3) is 0 Å². The second-order valence-electron chi connectivity index (χ2n) is 8.77. The summed E-state index contributed by atoms with van der Waals surface area (Å²) in [7, 11) is -6.00. The minimum absolute atomic E-state index is 0.550. The van der Waals surface area contributed by atoms with Crippen molar-refractivity contribution in [3.63, 3.8) is 0 Å². The fourth-order valence-electron chi connectivity index (χ4n) is 4.80. The summed E-state index contributed by atoms with van der Waals surface area (Å²) in [4.78, 5) is 0. The van der Waals surface area contributed by atoms with Crippen LogP contribution >= 0.6 is 0 Å². The third-order valence-corrected chi connectivity index (χ3v) is 6.29. The summed E-state index contributed by atoms with van der Waals surface area (Å²) >= 11 is 0. The molecule has 35 heavy (non-hydrogen) atoms. The Morgan fingerprint density at radius 3 is 1.29 bits per heavy atom. The van der Waals surface area contributed by atoms with Crippen LogP contribution in [-0.4, -0.2) is 7.25 Å². The minimum atomic E-state index is -6.00. The molecule has 0 amide bonds. The van der Waals surface area contributed by atoms with E-state index in [2.05, 4.69) is 108 Å². The molecule has 6 heteroatoms. The SMILES string of the molecule is F[B-](F)(F)F.c1ccc(-c2cc(-c3ccccc3)[n+](C3CCCCC3)c(-c3ccccc3)c2)cc1. The van der Waals surface area contributed by atoms with E-state index in [1.165, 1.54) is 65.7 Å². The Morgan fingerprint density at radius 1 is 0.514 bits per heavy atom. The van der Waals surface area contributed by atoms with Crippen LogP contribution in [0.15, 0.2) is 103 Å². The maximum Gasteiger partial charge on any atom is 0.673 e. The van der Waals surface area contributed by atoms with E-state index in [0.717, 1.165) is 0 Å². The first-order valence-electron chi connectivity index (χ1n) is 12.0. The minimum Gasteiger partial charge on any atom is -0.418 e. The highest BCUT2D eigenvalue weighted by Crippen LogP contribution is 2.33. The van der Waals surface area contributed by atoms with Crippen LogP contribution in [0, 0.1) is 0 Å². The average Bonchev–Trinajstić information content (AvgIpc) is 2.89. The topological polar surface area (TPSA) is 3.88 Å². The van der Waals surface area contributed by atoms with E-state index < -0.39 is 7.25 Å². The molecule has 1 fully saturated rings. The zero-order chi connectivity index (χ0) is 24.7. The van der Waals surface area contributed by atoms with Gasteiger partial charge < -0.3 is 17.3 Å². The van der Waals surface area contributed by atoms with Crippen LogP contribution in [-0.2, 0) is 0 Å². The molecule has 1 saturated carbocycles. The van der Waals surface area contributed by atoms with E-state index in [-0.39, 0.29) is 0 Å². The molecule has 5 rings (SSSR count). The Bertz CT molecular complexity index is 1140. The lowest BCUT2D eigenvalue weighted by molar-refractivity contribution is -0.705. The van der Waals surface area contributed by atoms with Gasteiger partial charge >= 0.3 is 7.25 Å². The number of rotatable bonds is 4. The molecule has 4 aromatic rings. The highest BCUT2D eigenvalue weighted by atomic mass is 19.5. The summed E-state index contributed by atoms with van der Waals surface area (Å²) in [6, 6.07) is 37.9. The number of aromatic nitrogens is 1. The molecule has 1 aromatic heterocycles. The van der Waals surface area contributed by atoms with Crippen LogP contribution in [0.5, 0.6) is 0 Å². The van der Waals surface area contributed by atoms with Crippen LogP contribution in [0.25, 0.3) is 33.6 Å². The Hall–Kier alpha value is -3.41. The standard InChI is InChI=1S/C29H28N.BF4/c1-5-13-23(14-6-1)26-21-28(24-15-7-2-8-16-24)30(27-19-11-4-12-20-27)29(22-26)25-17-9-3-10-18-25;2-1(3,4)5/h1-3,5-10,13-18,21-22,27H,4,11-12,19-20H2;/q+1;-1. The van der Waals surface area contributed by atoms with Gasteiger partial charge in [0.1, 0.15) is 0 Å². The van der Waals surface area contributed by atoms with Crippen molar-refractivity contribution in [2.45, 2.75) is 38.1 Å². The first-order valence-corrected chi connectivity index (χ1v) is 12.0. The lowest BCUT2D eigenvalue weighted by Gasteiger charge is -2.22. The quantitative estimate of drug-likeness (QED) is 0.157. The summed E-state index contributed by atoms with van der Waals surface area (Å²) in [5.41, 5.74) is 7.77. The average molecular weight is 477 g/mol. The maximum absolute atomic E-state index is 9.75. The molecule has 0 saturated heterocycles. The van der Waals surface area contributed by atoms with Gasteiger partial charge in [-0.05, 0) is 48.2 Å². The zero-order valence-electron chi connectivity index (χ0n) is 19.5. The largest absolute Gasteiger partial charge is 0.673 e. The van der Waals surface area contributed by atoms with Crippen LogP contribution in [0.3, 0.4) is 0 Å². The van der Waals surface area contributed by atoms with E-state index in [0.29, 0.717) is 6.04 Å². The predicted molar refractivity (Wildman–Crippen MR) is 135 cm³/mol. The number of pyridine rings is 1. The number of hydrogen-bond donors (Lipinski definition) is 0. The molecule has 0 aliphatic heterocycles. The molecular weight excluding hydrogens is 449 g/mol. The van der Waals surface area contributed by atoms with Crippen molar-refractivity contribution in [1.29, 1.82) is 0 Å². The third-order valence-electron chi connectivity index (χ3n) is 6.29. The van der Waals surface area contributed by atoms with Gasteiger partial charge in [-0.25, -0.2) is 0 Å². The smallest absolute Gasteiger partial charge is 0.418 e. The van der Waals surface area contributed by atoms with E-state index in [1.807, 2.05) is 0 Å².